The zero-order valence-electron chi connectivity index (χ0n) is 32.4. The van der Waals surface area contributed by atoms with E-state index in [1.165, 1.54) is 18.6 Å². The number of hydrogen-bond acceptors (Lipinski definition) is 8. The molecule has 13 heteroatoms. The molecule has 13 nitrogen and oxygen atoms in total. The van der Waals surface area contributed by atoms with Crippen LogP contribution in [-0.4, -0.2) is 86.9 Å². The van der Waals surface area contributed by atoms with E-state index in [4.69, 9.17) is 0 Å². The van der Waals surface area contributed by atoms with E-state index in [-0.39, 0.29) is 39.8 Å². The molecule has 53 heavy (non-hydrogen) atoms. The zero-order valence-corrected chi connectivity index (χ0v) is 32.4. The Bertz CT molecular complexity index is 1590. The van der Waals surface area contributed by atoms with Gasteiger partial charge in [0.1, 0.15) is 23.8 Å². The van der Waals surface area contributed by atoms with Crippen molar-refractivity contribution in [1.29, 1.82) is 0 Å². The molecule has 4 N–H and O–H groups in total. The fourth-order valence-corrected chi connectivity index (χ4v) is 10.1. The standard InChI is InChI=1S/C40H59N7O6/c1-7-12-26(30(48)35(52)43-25-15-16-25)44-33(50)28-21-40(38(5,6)39(40)17-11-18-39)23-47(28)36(53)31(37(2,3)4)46-34(51)29(24-13-9-8-10-14-24)45-32(49)27-22-41-19-20-42-27/h19-20,22,24-26,28-29,31H,7-18,21,23H2,1-6H3,(H,43,52)(H,44,50)(H,45,49)(H,46,51)/t26?,28-,29-,31+,40+/m0/s1. The minimum atomic E-state index is -1.02. The van der Waals surface area contributed by atoms with Crippen molar-refractivity contribution in [3.05, 3.63) is 24.3 Å². The van der Waals surface area contributed by atoms with Crippen LogP contribution >= 0.6 is 0 Å². The van der Waals surface area contributed by atoms with Crippen LogP contribution in [0.25, 0.3) is 0 Å². The summed E-state index contributed by atoms with van der Waals surface area (Å²) in [5.41, 5.74) is -1.03. The number of likely N-dealkylation sites (tertiary alicyclic amines) is 1. The summed E-state index contributed by atoms with van der Waals surface area (Å²) in [6.45, 7) is 12.4. The van der Waals surface area contributed by atoms with Crippen LogP contribution in [0.5, 0.6) is 0 Å². The van der Waals surface area contributed by atoms with Gasteiger partial charge in [-0.25, -0.2) is 4.98 Å². The van der Waals surface area contributed by atoms with Crippen LogP contribution in [0.15, 0.2) is 18.6 Å². The minimum Gasteiger partial charge on any atom is -0.347 e. The maximum atomic E-state index is 15.0. The van der Waals surface area contributed by atoms with Crippen molar-refractivity contribution in [3.63, 3.8) is 0 Å². The first-order valence-electron chi connectivity index (χ1n) is 19.9. The van der Waals surface area contributed by atoms with Crippen LogP contribution in [0.3, 0.4) is 0 Å². The van der Waals surface area contributed by atoms with Gasteiger partial charge < -0.3 is 26.2 Å². The highest BCUT2D eigenvalue weighted by molar-refractivity contribution is 6.38. The van der Waals surface area contributed by atoms with E-state index < -0.39 is 59.0 Å². The highest BCUT2D eigenvalue weighted by Crippen LogP contribution is 2.88. The highest BCUT2D eigenvalue weighted by atomic mass is 16.2. The van der Waals surface area contributed by atoms with E-state index in [2.05, 4.69) is 45.1 Å². The molecule has 0 radical (unpaired) electrons. The van der Waals surface area contributed by atoms with E-state index in [1.54, 1.807) is 4.90 Å². The normalized spacial score (nSPS) is 26.2. The molecule has 0 aromatic carbocycles. The van der Waals surface area contributed by atoms with Crippen LogP contribution in [0.1, 0.15) is 136 Å². The molecule has 5 amide bonds. The van der Waals surface area contributed by atoms with Gasteiger partial charge in [-0.3, -0.25) is 33.8 Å². The van der Waals surface area contributed by atoms with Crippen molar-refractivity contribution in [1.82, 2.24) is 36.1 Å². The van der Waals surface area contributed by atoms with Crippen molar-refractivity contribution in [3.8, 4) is 0 Å². The van der Waals surface area contributed by atoms with Gasteiger partial charge >= 0.3 is 0 Å². The molecule has 6 rings (SSSR count). The highest BCUT2D eigenvalue weighted by Gasteiger charge is 2.85. The number of fused-ring (bicyclic) bond motifs is 1. The summed E-state index contributed by atoms with van der Waals surface area (Å²) >= 11 is 0. The number of rotatable bonds is 13. The Hall–Kier alpha value is -3.90. The van der Waals surface area contributed by atoms with Crippen molar-refractivity contribution in [2.24, 2.45) is 27.6 Å². The van der Waals surface area contributed by atoms with E-state index in [1.807, 2.05) is 27.7 Å². The Morgan fingerprint density at radius 2 is 1.60 bits per heavy atom. The minimum absolute atomic E-state index is 0.00517. The van der Waals surface area contributed by atoms with Crippen molar-refractivity contribution >= 4 is 35.3 Å². The SMILES string of the molecule is CCCC(NC(=O)[C@@H]1C[C@@]2(CN1C(=O)[C@@H](NC(=O)[C@@H](NC(=O)c1cnccn1)C1CCCCC1)C(C)(C)C)C(C)(C)C21CCC1)C(=O)C(=O)NC1CC1. The molecule has 1 saturated heterocycles. The second-order valence-corrected chi connectivity index (χ2v) is 18.0. The average Bonchev–Trinajstić information content (AvgIpc) is 3.94. The predicted molar refractivity (Wildman–Crippen MR) is 197 cm³/mol. The van der Waals surface area contributed by atoms with Gasteiger partial charge in [0, 0.05) is 30.4 Å². The number of aromatic nitrogens is 2. The van der Waals surface area contributed by atoms with Crippen LogP contribution in [0, 0.1) is 27.6 Å². The average molecular weight is 734 g/mol. The molecule has 2 spiro atoms. The number of hydrogen-bond donors (Lipinski definition) is 4. The first kappa shape index (κ1) is 38.8. The van der Waals surface area contributed by atoms with Gasteiger partial charge in [-0.05, 0) is 73.5 Å². The summed E-state index contributed by atoms with van der Waals surface area (Å²) in [6.07, 6.45) is 14.9. The first-order valence-corrected chi connectivity index (χ1v) is 19.9. The van der Waals surface area contributed by atoms with Gasteiger partial charge in [0.2, 0.25) is 23.5 Å². The predicted octanol–water partition coefficient (Wildman–Crippen LogP) is 3.62. The summed E-state index contributed by atoms with van der Waals surface area (Å²) in [4.78, 5) is 92.9. The number of carbonyl (C=O) groups is 6. The summed E-state index contributed by atoms with van der Waals surface area (Å²) in [7, 11) is 0. The molecular formula is C40H59N7O6. The Balaban J connectivity index is 1.26. The molecule has 5 fully saturated rings. The van der Waals surface area contributed by atoms with Crippen LogP contribution in [0.4, 0.5) is 0 Å². The molecule has 1 unspecified atom stereocenters. The molecular weight excluding hydrogens is 674 g/mol. The third kappa shape index (κ3) is 7.21. The van der Waals surface area contributed by atoms with Crippen LogP contribution < -0.4 is 21.3 Å². The van der Waals surface area contributed by atoms with Crippen molar-refractivity contribution in [2.45, 2.75) is 155 Å². The van der Waals surface area contributed by atoms with Crippen LogP contribution in [0.2, 0.25) is 0 Å². The maximum absolute atomic E-state index is 15.0. The molecule has 5 aliphatic rings. The summed E-state index contributed by atoms with van der Waals surface area (Å²) in [5, 5.41) is 11.6. The smallest absolute Gasteiger partial charge is 0.289 e. The monoisotopic (exact) mass is 733 g/mol. The Labute approximate surface area is 313 Å². The lowest BCUT2D eigenvalue weighted by molar-refractivity contribution is -0.145. The van der Waals surface area contributed by atoms with Crippen LogP contribution in [-0.2, 0) is 24.0 Å². The first-order chi connectivity index (χ1) is 25.1. The number of nitrogens with zero attached hydrogens (tertiary/aromatic N) is 3. The number of Topliss-reactive ketones (excluding diaryl/α,β-unsaturated/α-hetero) is 1. The van der Waals surface area contributed by atoms with Crippen molar-refractivity contribution in [2.75, 3.05) is 6.54 Å². The lowest BCUT2D eigenvalue weighted by Gasteiger charge is -2.38. The Kier molecular flexibility index (Phi) is 10.8. The largest absolute Gasteiger partial charge is 0.347 e. The number of ketones is 1. The Morgan fingerprint density at radius 3 is 2.15 bits per heavy atom. The van der Waals surface area contributed by atoms with E-state index in [9.17, 15) is 24.0 Å². The number of carbonyl (C=O) groups excluding carboxylic acids is 6. The lowest BCUT2D eigenvalue weighted by atomic mass is 9.73. The molecule has 4 saturated carbocycles. The van der Waals surface area contributed by atoms with Gasteiger partial charge in [-0.1, -0.05) is 73.6 Å². The molecule has 4 aliphatic carbocycles. The fourth-order valence-electron chi connectivity index (χ4n) is 10.1. The van der Waals surface area contributed by atoms with Gasteiger partial charge in [-0.15, -0.1) is 0 Å². The molecule has 1 aromatic rings. The van der Waals surface area contributed by atoms with Gasteiger partial charge in [-0.2, -0.15) is 0 Å². The quantitative estimate of drug-likeness (QED) is 0.222. The van der Waals surface area contributed by atoms with E-state index in [0.717, 1.165) is 64.2 Å². The van der Waals surface area contributed by atoms with Gasteiger partial charge in [0.05, 0.1) is 12.2 Å². The van der Waals surface area contributed by atoms with Crippen molar-refractivity contribution < 1.29 is 28.8 Å². The third-order valence-corrected chi connectivity index (χ3v) is 13.6. The maximum Gasteiger partial charge on any atom is 0.289 e. The molecule has 1 aliphatic heterocycles. The Morgan fingerprint density at radius 1 is 0.906 bits per heavy atom. The lowest BCUT2D eigenvalue weighted by Crippen LogP contribution is -2.62. The van der Waals surface area contributed by atoms with Gasteiger partial charge in [0.25, 0.3) is 11.8 Å². The molecule has 5 atom stereocenters. The van der Waals surface area contributed by atoms with Gasteiger partial charge in [0.15, 0.2) is 0 Å². The number of nitrogens with one attached hydrogen (secondary N) is 4. The number of amides is 5. The second-order valence-electron chi connectivity index (χ2n) is 18.0. The molecule has 290 valence electrons. The van der Waals surface area contributed by atoms with E-state index in [0.29, 0.717) is 25.8 Å². The zero-order chi connectivity index (χ0) is 38.3. The van der Waals surface area contributed by atoms with E-state index >= 15 is 4.79 Å². The summed E-state index contributed by atoms with van der Waals surface area (Å²) in [6, 6.07) is -3.79. The fraction of sp³-hybridized carbons (Fsp3) is 0.750. The third-order valence-electron chi connectivity index (χ3n) is 13.6. The summed E-state index contributed by atoms with van der Waals surface area (Å²) in [5.74, 6) is -3.25. The molecule has 1 aromatic heterocycles. The molecule has 2 heterocycles. The topological polar surface area (TPSA) is 180 Å². The summed E-state index contributed by atoms with van der Waals surface area (Å²) < 4.78 is 0. The molecule has 0 bridgehead atoms. The second kappa shape index (κ2) is 14.7.